The van der Waals surface area contributed by atoms with E-state index in [1.807, 2.05) is 0 Å². The Kier molecular flexibility index (Phi) is 8.80. The number of carbonyl (C=O) groups is 1. The van der Waals surface area contributed by atoms with Crippen molar-refractivity contribution in [1.82, 2.24) is 0 Å². The molecule has 2 atom stereocenters. The summed E-state index contributed by atoms with van der Waals surface area (Å²) in [6.07, 6.45) is 3.73. The number of allylic oxidation sites excluding steroid dienone is 1. The van der Waals surface area contributed by atoms with E-state index in [1.54, 1.807) is 6.08 Å². The zero-order valence-corrected chi connectivity index (χ0v) is 9.50. The van der Waals surface area contributed by atoms with Gasteiger partial charge >= 0.3 is 5.97 Å². The molecule has 5 nitrogen and oxygen atoms in total. The lowest BCUT2D eigenvalue weighted by Gasteiger charge is -2.14. The quantitative estimate of drug-likeness (QED) is 0.243. The Bertz CT molecular complexity index is 214. The summed E-state index contributed by atoms with van der Waals surface area (Å²) >= 11 is 0. The van der Waals surface area contributed by atoms with E-state index < -0.39 is 25.0 Å². The van der Waals surface area contributed by atoms with Crippen molar-refractivity contribution in [3.05, 3.63) is 12.2 Å². The van der Waals surface area contributed by atoms with Crippen LogP contribution in [0.2, 0.25) is 0 Å². The van der Waals surface area contributed by atoms with Crippen LogP contribution in [0.15, 0.2) is 12.2 Å². The number of carbonyl (C=O) groups excluding carboxylic acids is 1. The molecule has 2 unspecified atom stereocenters. The Balaban J connectivity index is 3.72. The van der Waals surface area contributed by atoms with Crippen molar-refractivity contribution in [2.24, 2.45) is 0 Å². The summed E-state index contributed by atoms with van der Waals surface area (Å²) in [5, 5.41) is 26.4. The Morgan fingerprint density at radius 3 is 2.62 bits per heavy atom. The fourth-order valence-corrected chi connectivity index (χ4v) is 1.02. The molecule has 0 bridgehead atoms. The van der Waals surface area contributed by atoms with Gasteiger partial charge in [0.15, 0.2) is 0 Å². The minimum absolute atomic E-state index is 0.658. The van der Waals surface area contributed by atoms with Crippen LogP contribution in [-0.2, 0) is 9.53 Å². The SMILES string of the molecule is CCCCC/C=C/C(=O)OC(O)C(O)CO. The summed E-state index contributed by atoms with van der Waals surface area (Å²) in [5.74, 6) is -0.725. The largest absolute Gasteiger partial charge is 0.430 e. The first-order valence-electron chi connectivity index (χ1n) is 5.46. The summed E-state index contributed by atoms with van der Waals surface area (Å²) < 4.78 is 4.43. The number of aliphatic hydroxyl groups excluding tert-OH is 3. The van der Waals surface area contributed by atoms with Crippen LogP contribution in [0.3, 0.4) is 0 Å². The predicted octanol–water partition coefficient (Wildman–Crippen LogP) is 0.338. The lowest BCUT2D eigenvalue weighted by Crippen LogP contribution is -2.33. The summed E-state index contributed by atoms with van der Waals surface area (Å²) in [6, 6.07) is 0. The Morgan fingerprint density at radius 2 is 2.06 bits per heavy atom. The van der Waals surface area contributed by atoms with Gasteiger partial charge in [0.2, 0.25) is 6.29 Å². The third-order valence-electron chi connectivity index (χ3n) is 1.98. The minimum Gasteiger partial charge on any atom is -0.430 e. The molecule has 0 fully saturated rings. The van der Waals surface area contributed by atoms with E-state index in [0.29, 0.717) is 0 Å². The van der Waals surface area contributed by atoms with E-state index in [9.17, 15) is 4.79 Å². The van der Waals surface area contributed by atoms with E-state index in [0.717, 1.165) is 25.7 Å². The van der Waals surface area contributed by atoms with Gasteiger partial charge in [-0.2, -0.15) is 0 Å². The van der Waals surface area contributed by atoms with Gasteiger partial charge in [-0.15, -0.1) is 0 Å². The first-order valence-corrected chi connectivity index (χ1v) is 5.46. The summed E-state index contributed by atoms with van der Waals surface area (Å²) in [5.41, 5.74) is 0. The maximum Gasteiger partial charge on any atom is 0.332 e. The number of hydrogen-bond donors (Lipinski definition) is 3. The van der Waals surface area contributed by atoms with Gasteiger partial charge in [-0.1, -0.05) is 25.8 Å². The van der Waals surface area contributed by atoms with Gasteiger partial charge < -0.3 is 20.1 Å². The Hall–Kier alpha value is -0.910. The third-order valence-corrected chi connectivity index (χ3v) is 1.98. The van der Waals surface area contributed by atoms with E-state index in [-0.39, 0.29) is 0 Å². The summed E-state index contributed by atoms with van der Waals surface area (Å²) in [7, 11) is 0. The molecule has 94 valence electrons. The summed E-state index contributed by atoms with van der Waals surface area (Å²) in [4.78, 5) is 11.0. The lowest BCUT2D eigenvalue weighted by molar-refractivity contribution is -0.185. The standard InChI is InChI=1S/C11H20O5/c1-2-3-4-5-6-7-10(14)16-11(15)9(13)8-12/h6-7,9,11-13,15H,2-5,8H2,1H3/b7-6+. The molecule has 0 heterocycles. The first-order chi connectivity index (χ1) is 7.61. The second-order valence-corrected chi connectivity index (χ2v) is 3.48. The molecule has 0 aliphatic heterocycles. The smallest absolute Gasteiger partial charge is 0.332 e. The van der Waals surface area contributed by atoms with Crippen molar-refractivity contribution in [2.45, 2.75) is 45.0 Å². The van der Waals surface area contributed by atoms with Gasteiger partial charge in [0.25, 0.3) is 0 Å². The number of esters is 1. The molecule has 5 heteroatoms. The van der Waals surface area contributed by atoms with Crippen molar-refractivity contribution in [1.29, 1.82) is 0 Å². The maximum absolute atomic E-state index is 11.0. The van der Waals surface area contributed by atoms with Crippen LogP contribution in [0, 0.1) is 0 Å². The van der Waals surface area contributed by atoms with E-state index in [2.05, 4.69) is 11.7 Å². The number of hydrogen-bond acceptors (Lipinski definition) is 5. The van der Waals surface area contributed by atoms with Gasteiger partial charge in [0.1, 0.15) is 6.10 Å². The third kappa shape index (κ3) is 7.39. The molecule has 3 N–H and O–H groups in total. The van der Waals surface area contributed by atoms with Crippen LogP contribution in [0.25, 0.3) is 0 Å². The van der Waals surface area contributed by atoms with Crippen molar-refractivity contribution < 1.29 is 24.9 Å². The average Bonchev–Trinajstić information content (AvgIpc) is 2.27. The molecule has 0 saturated heterocycles. The fourth-order valence-electron chi connectivity index (χ4n) is 1.02. The van der Waals surface area contributed by atoms with Crippen molar-refractivity contribution in [2.75, 3.05) is 6.61 Å². The zero-order chi connectivity index (χ0) is 12.4. The van der Waals surface area contributed by atoms with Crippen molar-refractivity contribution >= 4 is 5.97 Å². The van der Waals surface area contributed by atoms with Crippen LogP contribution in [-0.4, -0.2) is 40.3 Å². The van der Waals surface area contributed by atoms with Gasteiger partial charge in [0, 0.05) is 6.08 Å². The molecule has 0 amide bonds. The molecule has 0 aliphatic rings. The van der Waals surface area contributed by atoms with Crippen LogP contribution >= 0.6 is 0 Å². The molecule has 0 aliphatic carbocycles. The minimum atomic E-state index is -1.68. The first kappa shape index (κ1) is 15.1. The van der Waals surface area contributed by atoms with Gasteiger partial charge in [-0.3, -0.25) is 0 Å². The van der Waals surface area contributed by atoms with Gasteiger partial charge in [-0.05, 0) is 12.8 Å². The van der Waals surface area contributed by atoms with Crippen molar-refractivity contribution in [3.8, 4) is 0 Å². The number of ether oxygens (including phenoxy) is 1. The van der Waals surface area contributed by atoms with Crippen LogP contribution in [0.5, 0.6) is 0 Å². The molecule has 0 saturated carbocycles. The number of rotatable bonds is 8. The maximum atomic E-state index is 11.0. The van der Waals surface area contributed by atoms with Gasteiger partial charge in [-0.25, -0.2) is 4.79 Å². The fraction of sp³-hybridized carbons (Fsp3) is 0.727. The molecular formula is C11H20O5. The molecule has 0 rings (SSSR count). The highest BCUT2D eigenvalue weighted by atomic mass is 16.6. The molecule has 0 radical (unpaired) electrons. The Labute approximate surface area is 95.4 Å². The molecule has 0 aromatic carbocycles. The van der Waals surface area contributed by atoms with Crippen LogP contribution < -0.4 is 0 Å². The number of unbranched alkanes of at least 4 members (excludes halogenated alkanes) is 3. The summed E-state index contributed by atoms with van der Waals surface area (Å²) in [6.45, 7) is 1.43. The second-order valence-electron chi connectivity index (χ2n) is 3.48. The Morgan fingerprint density at radius 1 is 1.38 bits per heavy atom. The molecule has 0 aromatic heterocycles. The van der Waals surface area contributed by atoms with Crippen LogP contribution in [0.4, 0.5) is 0 Å². The highest BCUT2D eigenvalue weighted by Gasteiger charge is 2.18. The molecule has 0 aromatic rings. The lowest BCUT2D eigenvalue weighted by atomic mass is 10.2. The number of aliphatic hydroxyl groups is 3. The zero-order valence-electron chi connectivity index (χ0n) is 9.50. The van der Waals surface area contributed by atoms with Gasteiger partial charge in [0.05, 0.1) is 6.61 Å². The molecular weight excluding hydrogens is 212 g/mol. The molecule has 16 heavy (non-hydrogen) atoms. The highest BCUT2D eigenvalue weighted by Crippen LogP contribution is 2.01. The highest BCUT2D eigenvalue weighted by molar-refractivity contribution is 5.81. The van der Waals surface area contributed by atoms with E-state index in [1.165, 1.54) is 6.08 Å². The topological polar surface area (TPSA) is 87.0 Å². The van der Waals surface area contributed by atoms with Crippen LogP contribution in [0.1, 0.15) is 32.6 Å². The predicted molar refractivity (Wildman–Crippen MR) is 58.5 cm³/mol. The second kappa shape index (κ2) is 9.33. The normalized spacial score (nSPS) is 15.0. The average molecular weight is 232 g/mol. The van der Waals surface area contributed by atoms with Crippen molar-refractivity contribution in [3.63, 3.8) is 0 Å². The molecule has 0 spiro atoms. The van der Waals surface area contributed by atoms with E-state index >= 15 is 0 Å². The van der Waals surface area contributed by atoms with E-state index in [4.69, 9.17) is 15.3 Å². The monoisotopic (exact) mass is 232 g/mol.